The standard InChI is InChI=1S/C65H42N2O/c1-4-19-43(20-5-1)49-28-18-29-50(44-21-6-2-7-22-44)64(49)67-59-34-13-10-27-52(59)53-40-38-48(42-60(53)67)66(46-25-8-3-9-26-46)47-37-39-51-54-30-16-23-45-24-17-33-57(63(45)54)65(58(51)41-47)55-31-11-14-35-61(55)68-62-36-15-12-32-56(62)65/h1-42H. The average Bonchev–Trinajstić information content (AvgIpc) is 3.74. The highest BCUT2D eigenvalue weighted by Gasteiger charge is 2.49. The van der Waals surface area contributed by atoms with Crippen LogP contribution in [-0.4, -0.2) is 4.57 Å². The first kappa shape index (κ1) is 38.4. The summed E-state index contributed by atoms with van der Waals surface area (Å²) in [4.78, 5) is 2.44. The summed E-state index contributed by atoms with van der Waals surface area (Å²) in [7, 11) is 0. The summed E-state index contributed by atoms with van der Waals surface area (Å²) in [5, 5.41) is 4.92. The number of anilines is 3. The van der Waals surface area contributed by atoms with Gasteiger partial charge in [-0.25, -0.2) is 0 Å². The van der Waals surface area contributed by atoms with E-state index in [1.54, 1.807) is 0 Å². The maximum Gasteiger partial charge on any atom is 0.132 e. The zero-order valence-corrected chi connectivity index (χ0v) is 37.1. The van der Waals surface area contributed by atoms with E-state index < -0.39 is 5.41 Å². The van der Waals surface area contributed by atoms with Crippen LogP contribution in [-0.2, 0) is 5.41 Å². The van der Waals surface area contributed by atoms with E-state index in [4.69, 9.17) is 4.74 Å². The number of aromatic nitrogens is 1. The highest BCUT2D eigenvalue weighted by molar-refractivity contribution is 6.12. The molecule has 12 aromatic rings. The minimum atomic E-state index is -0.668. The number of hydrogen-bond acceptors (Lipinski definition) is 2. The van der Waals surface area contributed by atoms with Gasteiger partial charge in [0.15, 0.2) is 0 Å². The highest BCUT2D eigenvalue weighted by atomic mass is 16.5. The first-order valence-corrected chi connectivity index (χ1v) is 23.4. The fourth-order valence-electron chi connectivity index (χ4n) is 11.7. The predicted molar refractivity (Wildman–Crippen MR) is 281 cm³/mol. The summed E-state index contributed by atoms with van der Waals surface area (Å²) in [6.45, 7) is 0. The molecule has 3 nitrogen and oxygen atoms in total. The third kappa shape index (κ3) is 5.54. The van der Waals surface area contributed by atoms with Crippen LogP contribution in [0, 0.1) is 0 Å². The Labute approximate surface area is 395 Å². The van der Waals surface area contributed by atoms with Gasteiger partial charge in [-0.2, -0.15) is 0 Å². The van der Waals surface area contributed by atoms with Crippen LogP contribution in [0.25, 0.3) is 71.6 Å². The molecule has 318 valence electrons. The molecule has 11 aromatic carbocycles. The fourth-order valence-corrected chi connectivity index (χ4v) is 11.7. The third-order valence-electron chi connectivity index (χ3n) is 14.4. The normalized spacial score (nSPS) is 12.9. The molecule has 0 unspecified atom stereocenters. The SMILES string of the molecule is c1ccc(-c2cccc(-c3ccccc3)c2-n2c3ccccc3c3ccc(N(c4ccccc4)c4ccc5c(c4)C4(c6ccccc6Oc6ccccc64)c4cccc6cccc-5c46)cc32)cc1. The van der Waals surface area contributed by atoms with Crippen LogP contribution in [0.15, 0.2) is 255 Å². The fraction of sp³-hybridized carbons (Fsp3) is 0.0154. The zero-order valence-electron chi connectivity index (χ0n) is 37.1. The monoisotopic (exact) mass is 866 g/mol. The molecular weight excluding hydrogens is 825 g/mol. The molecule has 0 N–H and O–H groups in total. The van der Waals surface area contributed by atoms with Crippen molar-refractivity contribution in [2.24, 2.45) is 0 Å². The smallest absolute Gasteiger partial charge is 0.132 e. The molecular formula is C65H42N2O. The van der Waals surface area contributed by atoms with E-state index in [0.29, 0.717) is 0 Å². The van der Waals surface area contributed by atoms with Gasteiger partial charge in [0.2, 0.25) is 0 Å². The quantitative estimate of drug-likeness (QED) is 0.166. The van der Waals surface area contributed by atoms with Gasteiger partial charge in [-0.1, -0.05) is 200 Å². The Morgan fingerprint density at radius 1 is 0.338 bits per heavy atom. The van der Waals surface area contributed by atoms with Crippen LogP contribution in [0.2, 0.25) is 0 Å². The van der Waals surface area contributed by atoms with E-state index >= 15 is 0 Å². The Morgan fingerprint density at radius 3 is 1.57 bits per heavy atom. The van der Waals surface area contributed by atoms with Gasteiger partial charge in [-0.3, -0.25) is 0 Å². The second-order valence-electron chi connectivity index (χ2n) is 17.9. The predicted octanol–water partition coefficient (Wildman–Crippen LogP) is 17.2. The molecule has 0 saturated heterocycles. The summed E-state index contributed by atoms with van der Waals surface area (Å²) < 4.78 is 9.31. The number of benzene rings is 11. The summed E-state index contributed by atoms with van der Waals surface area (Å²) in [6, 6.07) is 93.1. The highest BCUT2D eigenvalue weighted by Crippen LogP contribution is 2.62. The van der Waals surface area contributed by atoms with Crippen molar-refractivity contribution in [1.82, 2.24) is 4.57 Å². The third-order valence-corrected chi connectivity index (χ3v) is 14.4. The van der Waals surface area contributed by atoms with Crippen LogP contribution in [0.3, 0.4) is 0 Å². The number of nitrogens with zero attached hydrogens (tertiary/aromatic N) is 2. The lowest BCUT2D eigenvalue weighted by Gasteiger charge is -2.45. The lowest BCUT2D eigenvalue weighted by atomic mass is 9.58. The topological polar surface area (TPSA) is 17.4 Å². The second-order valence-corrected chi connectivity index (χ2v) is 17.9. The number of hydrogen-bond donors (Lipinski definition) is 0. The first-order valence-electron chi connectivity index (χ1n) is 23.4. The summed E-state index contributed by atoms with van der Waals surface area (Å²) in [6.07, 6.45) is 0. The van der Waals surface area contributed by atoms with Crippen LogP contribution in [0.5, 0.6) is 11.5 Å². The van der Waals surface area contributed by atoms with Gasteiger partial charge in [-0.15, -0.1) is 0 Å². The van der Waals surface area contributed by atoms with Crippen molar-refractivity contribution in [3.8, 4) is 50.6 Å². The Kier molecular flexibility index (Phi) is 8.50. The molecule has 0 fully saturated rings. The Hall–Kier alpha value is -8.92. The maximum atomic E-state index is 6.79. The maximum absolute atomic E-state index is 6.79. The molecule has 14 rings (SSSR count). The number of rotatable bonds is 6. The molecule has 0 atom stereocenters. The molecule has 1 aliphatic carbocycles. The average molecular weight is 867 g/mol. The van der Waals surface area contributed by atoms with Crippen LogP contribution in [0.1, 0.15) is 22.3 Å². The molecule has 0 amide bonds. The van der Waals surface area contributed by atoms with E-state index in [2.05, 4.69) is 264 Å². The van der Waals surface area contributed by atoms with Gasteiger partial charge in [0.05, 0.1) is 22.1 Å². The Morgan fingerprint density at radius 2 is 0.868 bits per heavy atom. The van der Waals surface area contributed by atoms with Gasteiger partial charge >= 0.3 is 0 Å². The molecule has 1 aliphatic heterocycles. The lowest BCUT2D eigenvalue weighted by Crippen LogP contribution is -2.36. The number of ether oxygens (including phenoxy) is 1. The summed E-state index contributed by atoms with van der Waals surface area (Å²) >= 11 is 0. The van der Waals surface area contributed by atoms with Gasteiger partial charge in [-0.05, 0) is 98.8 Å². The number of fused-ring (bicyclic) bond motifs is 11. The van der Waals surface area contributed by atoms with Crippen molar-refractivity contribution in [2.45, 2.75) is 5.41 Å². The van der Waals surface area contributed by atoms with Gasteiger partial charge in [0.1, 0.15) is 11.5 Å². The van der Waals surface area contributed by atoms with E-state index in [1.165, 1.54) is 66.1 Å². The molecule has 3 heteroatoms. The molecule has 0 bridgehead atoms. The van der Waals surface area contributed by atoms with Crippen molar-refractivity contribution in [3.63, 3.8) is 0 Å². The van der Waals surface area contributed by atoms with Crippen molar-refractivity contribution in [1.29, 1.82) is 0 Å². The molecule has 68 heavy (non-hydrogen) atoms. The van der Waals surface area contributed by atoms with Crippen molar-refractivity contribution in [2.75, 3.05) is 4.90 Å². The van der Waals surface area contributed by atoms with Crippen molar-refractivity contribution < 1.29 is 4.74 Å². The zero-order chi connectivity index (χ0) is 44.8. The molecule has 2 aliphatic rings. The van der Waals surface area contributed by atoms with Gasteiger partial charge < -0.3 is 14.2 Å². The summed E-state index contributed by atoms with van der Waals surface area (Å²) in [5.41, 5.74) is 17.9. The molecule has 1 spiro atoms. The van der Waals surface area contributed by atoms with E-state index in [-0.39, 0.29) is 0 Å². The van der Waals surface area contributed by atoms with Crippen molar-refractivity contribution >= 4 is 49.6 Å². The van der Waals surface area contributed by atoms with E-state index in [9.17, 15) is 0 Å². The van der Waals surface area contributed by atoms with Crippen LogP contribution in [0.4, 0.5) is 17.1 Å². The van der Waals surface area contributed by atoms with Crippen LogP contribution >= 0.6 is 0 Å². The summed E-state index contributed by atoms with van der Waals surface area (Å²) in [5.74, 6) is 1.76. The van der Waals surface area contributed by atoms with Gasteiger partial charge in [0.25, 0.3) is 0 Å². The number of para-hydroxylation sites is 5. The Bertz CT molecular complexity index is 3840. The molecule has 1 aromatic heterocycles. The van der Waals surface area contributed by atoms with E-state index in [1.807, 2.05) is 0 Å². The van der Waals surface area contributed by atoms with Crippen LogP contribution < -0.4 is 9.64 Å². The molecule has 0 radical (unpaired) electrons. The molecule has 0 saturated carbocycles. The Balaban J connectivity index is 1.06. The van der Waals surface area contributed by atoms with Gasteiger partial charge in [0, 0.05) is 50.1 Å². The first-order chi connectivity index (χ1) is 33.8. The molecule has 2 heterocycles. The second kappa shape index (κ2) is 15.1. The minimum Gasteiger partial charge on any atom is -0.457 e. The lowest BCUT2D eigenvalue weighted by molar-refractivity contribution is 0.435. The minimum absolute atomic E-state index is 0.668. The van der Waals surface area contributed by atoms with E-state index in [0.717, 1.165) is 56.4 Å². The van der Waals surface area contributed by atoms with Crippen molar-refractivity contribution in [3.05, 3.63) is 277 Å². The largest absolute Gasteiger partial charge is 0.457 e.